The molecule has 17 heteroatoms. The molecule has 0 radical (unpaired) electrons. The number of aryl methyl sites for hydroxylation is 1. The monoisotopic (exact) mass is 1380 g/mol. The van der Waals surface area contributed by atoms with Crippen LogP contribution in [-0.2, 0) is 30.2 Å². The summed E-state index contributed by atoms with van der Waals surface area (Å²) in [4.78, 5) is 36.8. The number of anilines is 1. The molecule has 28 atom stereocenters. The van der Waals surface area contributed by atoms with Gasteiger partial charge >= 0.3 is 0 Å². The van der Waals surface area contributed by atoms with Gasteiger partial charge in [-0.3, -0.25) is 9.59 Å². The van der Waals surface area contributed by atoms with Crippen LogP contribution in [0.2, 0.25) is 0 Å². The SMILES string of the molecule is CC(C)[C@@H](C)[C@@H]1O[C@H]1[C@@]1(O)CC=C[C@@]23CCO[C@@]45CC[C@H]1[C@@]24CCc1cc(O)cc(c1)N1C[C@]24[C@H](O)[C@H]6C[C@@H]2C=C2C=C[C@H]7C[C@](CC#CC8=C[C@@H]9CCCC[C@]9%10N[C@@]86C[C@@H]6C=C8C=CCO[C@H]8C[C@H]6%10)(CSS[C@H](O)[C@@]68C[C@@H](O)[C@](O)(CO)C[C@]6(C)[C@@H](C3)C5=CC8=O)[C@]4(C1=O)[C@@]2(CO)C7. The number of piperidine rings is 1. The Morgan fingerprint density at radius 2 is 1.75 bits per heavy atom. The van der Waals surface area contributed by atoms with E-state index in [2.05, 4.69) is 98.7 Å². The highest BCUT2D eigenvalue weighted by Gasteiger charge is 2.89. The largest absolute Gasteiger partial charge is 0.508 e. The molecular weight excluding hydrogens is 1290 g/mol. The second-order valence-corrected chi connectivity index (χ2v) is 39.0. The zero-order chi connectivity index (χ0) is 68.0. The van der Waals surface area contributed by atoms with Crippen LogP contribution in [-0.4, -0.2) is 155 Å². The van der Waals surface area contributed by atoms with E-state index in [1.165, 1.54) is 27.2 Å². The number of rotatable bonds is 5. The zero-order valence-electron chi connectivity index (χ0n) is 57.8. The van der Waals surface area contributed by atoms with Gasteiger partial charge in [0.2, 0.25) is 5.91 Å². The molecule has 15 nitrogen and oxygen atoms in total. The number of aromatic hydroxyl groups is 1. The summed E-state index contributed by atoms with van der Waals surface area (Å²) in [6.45, 7) is 8.60. The molecule has 9 heterocycles. The molecule has 1 amide bonds. The summed E-state index contributed by atoms with van der Waals surface area (Å²) in [5.74, 6) is 6.90. The number of hydrogen-bond acceptors (Lipinski definition) is 16. The van der Waals surface area contributed by atoms with Gasteiger partial charge in [-0.1, -0.05) is 129 Å². The second kappa shape index (κ2) is 20.8. The molecule has 22 rings (SSSR count). The van der Waals surface area contributed by atoms with Crippen molar-refractivity contribution in [2.24, 2.45) is 102 Å². The number of allylic oxidation sites excluding steroid dienone is 6. The van der Waals surface area contributed by atoms with Crippen molar-refractivity contribution in [1.29, 1.82) is 0 Å². The standard InChI is InChI=1S/C82H100N2O13S2/c1-45(2)46(3)65-67(97-65)79(94)20-9-18-71-23-25-96-81-22-16-62(79)80(71,81)21-15-47-26-55(32-56(87)27-47)84-41-76-54-29-51-14-13-48-35-72(82(76,68(84)91)73(51,36-48)42-85,44-98-99-69(92)75-39-64(89)74(93,43-86)40-70(75,4)60(38-71)58(81)34-63(75)88)17-7-12-53-30-52-11-5-6-19-77(52)57-33-61-49(10-8-24-95-61)28-50(57)37-78(53,83-77)59(31-54)66(76)90/h8-10,13-14,18,26-30,32,34,45-46,48,50,52,54,57,59-62,64-67,69,83,85-87,89-90,92-94H,5-6,11,15-17,19-25,31,33,35-44H2,1-4H3/t46-,48+,50+,52+,54+,57-,59-,60+,61+,62-,64-,65+,66-,67-,69+,70-,71+,72-,73-,74-,75+,76-,77+,78+,79-,80+,81-,82-/m1/s1. The fraction of sp³-hybridized carbons (Fsp3) is 0.707. The van der Waals surface area contributed by atoms with Gasteiger partial charge in [0.05, 0.1) is 66.2 Å². The third-order valence-electron chi connectivity index (χ3n) is 33.5. The maximum absolute atomic E-state index is 18.1. The van der Waals surface area contributed by atoms with E-state index in [1.54, 1.807) is 12.1 Å². The minimum Gasteiger partial charge on any atom is -0.508 e. The van der Waals surface area contributed by atoms with E-state index in [0.29, 0.717) is 94.9 Å². The van der Waals surface area contributed by atoms with E-state index in [1.807, 2.05) is 17.9 Å². The van der Waals surface area contributed by atoms with Crippen molar-refractivity contribution in [2.45, 2.75) is 214 Å². The Bertz CT molecular complexity index is 4040. The molecule has 9 aliphatic heterocycles. The Balaban J connectivity index is 0.815. The van der Waals surface area contributed by atoms with Crippen LogP contribution in [0.5, 0.6) is 5.75 Å². The summed E-state index contributed by atoms with van der Waals surface area (Å²) < 4.78 is 21.0. The van der Waals surface area contributed by atoms with E-state index in [-0.39, 0.29) is 103 Å². The molecular formula is C82H100N2O13S2. The molecule has 1 aromatic rings. The second-order valence-electron chi connectivity index (χ2n) is 36.6. The third kappa shape index (κ3) is 7.34. The minimum atomic E-state index is -2.04. The van der Waals surface area contributed by atoms with Gasteiger partial charge in [0.25, 0.3) is 0 Å². The van der Waals surface area contributed by atoms with Gasteiger partial charge in [-0.15, -0.1) is 0 Å². The fourth-order valence-electron chi connectivity index (χ4n) is 29.6. The third-order valence-corrected chi connectivity index (χ3v) is 36.2. The van der Waals surface area contributed by atoms with E-state index < -0.39 is 114 Å². The van der Waals surface area contributed by atoms with Crippen molar-refractivity contribution in [2.75, 3.05) is 43.6 Å². The lowest BCUT2D eigenvalue weighted by Gasteiger charge is -2.73. The van der Waals surface area contributed by atoms with Gasteiger partial charge < -0.3 is 65.3 Å². The highest BCUT2D eigenvalue weighted by atomic mass is 33.1. The number of aliphatic hydroxyl groups is 7. The number of carbonyl (C=O) groups is 2. The Morgan fingerprint density at radius 1 is 0.889 bits per heavy atom. The maximum Gasteiger partial charge on any atom is 0.235 e. The summed E-state index contributed by atoms with van der Waals surface area (Å²) in [5, 5.41) is 110. The van der Waals surface area contributed by atoms with Crippen molar-refractivity contribution in [3.8, 4) is 17.6 Å². The summed E-state index contributed by atoms with van der Waals surface area (Å²) in [6, 6.07) is 5.65. The molecule has 6 saturated carbocycles. The lowest BCUT2D eigenvalue weighted by Crippen LogP contribution is -2.78. The first-order valence-electron chi connectivity index (χ1n) is 38.2. The summed E-state index contributed by atoms with van der Waals surface area (Å²) >= 11 is 0. The van der Waals surface area contributed by atoms with E-state index >= 15 is 14.7 Å². The van der Waals surface area contributed by atoms with Gasteiger partial charge in [0.15, 0.2) is 5.78 Å². The van der Waals surface area contributed by atoms with Crippen LogP contribution >= 0.6 is 21.6 Å². The molecule has 10 fully saturated rings. The van der Waals surface area contributed by atoms with Gasteiger partial charge in [-0.2, -0.15) is 0 Å². The quantitative estimate of drug-likeness (QED) is 0.0577. The molecule has 0 aromatic heterocycles. The minimum absolute atomic E-state index is 0.00182. The smallest absolute Gasteiger partial charge is 0.235 e. The molecule has 16 bridgehead atoms. The molecule has 21 aliphatic rings. The number of epoxide rings is 1. The number of nitrogens with one attached hydrogen (secondary N) is 1. The van der Waals surface area contributed by atoms with E-state index in [9.17, 15) is 35.7 Å². The van der Waals surface area contributed by atoms with Crippen LogP contribution in [0.1, 0.15) is 149 Å². The molecule has 1 aromatic carbocycles. The first-order valence-corrected chi connectivity index (χ1v) is 40.6. The number of nitrogens with zero attached hydrogens (tertiary/aromatic N) is 1. The predicted molar refractivity (Wildman–Crippen MR) is 375 cm³/mol. The van der Waals surface area contributed by atoms with Crippen molar-refractivity contribution in [3.05, 3.63) is 107 Å². The Kier molecular flexibility index (Phi) is 13.6. The fourth-order valence-corrected chi connectivity index (χ4v) is 32.9. The maximum atomic E-state index is 18.1. The number of carbonyl (C=O) groups excluding carboxylic acids is 2. The highest BCUT2D eigenvalue weighted by molar-refractivity contribution is 8.76. The Labute approximate surface area is 589 Å². The van der Waals surface area contributed by atoms with Crippen molar-refractivity contribution >= 4 is 39.0 Å². The number of ether oxygens (including phenoxy) is 3. The van der Waals surface area contributed by atoms with Crippen molar-refractivity contribution in [1.82, 2.24) is 5.32 Å². The number of amides is 1. The summed E-state index contributed by atoms with van der Waals surface area (Å²) in [6.07, 6.45) is 29.7. The Hall–Kier alpha value is -3.84. The lowest BCUT2D eigenvalue weighted by molar-refractivity contribution is -0.274. The van der Waals surface area contributed by atoms with Crippen LogP contribution in [0.25, 0.3) is 0 Å². The molecule has 0 unspecified atom stereocenters. The lowest BCUT2D eigenvalue weighted by atomic mass is 9.30. The van der Waals surface area contributed by atoms with Crippen LogP contribution < -0.4 is 10.2 Å². The predicted octanol–water partition coefficient (Wildman–Crippen LogP) is 9.46. The first kappa shape index (κ1) is 64.7. The van der Waals surface area contributed by atoms with Gasteiger partial charge in [0, 0.05) is 87.1 Å². The zero-order valence-corrected chi connectivity index (χ0v) is 59.4. The van der Waals surface area contributed by atoms with Crippen LogP contribution in [0, 0.1) is 114 Å². The van der Waals surface area contributed by atoms with Gasteiger partial charge in [0.1, 0.15) is 28.5 Å². The normalized spacial score (nSPS) is 54.1. The molecule has 4 saturated heterocycles. The number of aliphatic hydroxyl groups excluding tert-OH is 5. The van der Waals surface area contributed by atoms with Gasteiger partial charge in [-0.25, -0.2) is 0 Å². The Morgan fingerprint density at radius 3 is 2.58 bits per heavy atom. The van der Waals surface area contributed by atoms with E-state index in [0.717, 1.165) is 60.8 Å². The number of ketones is 1. The molecule has 99 heavy (non-hydrogen) atoms. The van der Waals surface area contributed by atoms with Crippen LogP contribution in [0.15, 0.2) is 101 Å². The average molecular weight is 1390 g/mol. The molecule has 6 spiro atoms. The highest BCUT2D eigenvalue weighted by Crippen LogP contribution is 2.86. The number of fused-ring (bicyclic) bond motifs is 5. The topological polar surface area (TPSA) is 242 Å². The molecule has 12 aliphatic carbocycles. The molecule has 9 N–H and O–H groups in total. The summed E-state index contributed by atoms with van der Waals surface area (Å²) in [7, 11) is 2.61. The van der Waals surface area contributed by atoms with Gasteiger partial charge in [-0.05, 0) is 196 Å². The van der Waals surface area contributed by atoms with E-state index in [4.69, 9.17) is 14.2 Å². The number of benzene rings is 1. The van der Waals surface area contributed by atoms with Crippen LogP contribution in [0.3, 0.4) is 0 Å². The first-order chi connectivity index (χ1) is 47.4. The summed E-state index contributed by atoms with van der Waals surface area (Å²) in [5.41, 5.74) is -11.5. The van der Waals surface area contributed by atoms with Crippen molar-refractivity contribution in [3.63, 3.8) is 0 Å². The number of phenolic OH excluding ortho intramolecular Hbond substituents is 1. The average Bonchev–Trinajstić information content (AvgIpc) is 1.51. The number of phenols is 1. The number of hydrogen-bond donors (Lipinski definition) is 9. The van der Waals surface area contributed by atoms with Crippen LogP contribution in [0.4, 0.5) is 5.69 Å². The van der Waals surface area contributed by atoms with Crippen molar-refractivity contribution < 1.29 is 64.7 Å². The molecule has 528 valence electrons.